The molecule has 0 bridgehead atoms. The smallest absolute Gasteiger partial charge is 0.322 e. The number of aliphatic hydroxyl groups is 1. The molecule has 0 radical (unpaired) electrons. The number of nitrogens with one attached hydrogen (secondary N) is 2. The van der Waals surface area contributed by atoms with E-state index >= 15 is 0 Å². The Morgan fingerprint density at radius 3 is 2.88 bits per heavy atom. The maximum absolute atomic E-state index is 12.0. The van der Waals surface area contributed by atoms with E-state index in [0.717, 1.165) is 0 Å². The summed E-state index contributed by atoms with van der Waals surface area (Å²) in [5.41, 5.74) is 0.905. The average Bonchev–Trinajstić information content (AvgIpc) is 3.22. The molecule has 9 heteroatoms. The Balaban J connectivity index is 1.70. The number of hydrogen-bond donors (Lipinski definition) is 3. The second-order valence-corrected chi connectivity index (χ2v) is 5.74. The zero-order valence-corrected chi connectivity index (χ0v) is 12.5. The van der Waals surface area contributed by atoms with Gasteiger partial charge in [0.1, 0.15) is 17.1 Å². The van der Waals surface area contributed by atoms with Gasteiger partial charge in [0.05, 0.1) is 12.6 Å². The largest absolute Gasteiger partial charge is 0.457 e. The summed E-state index contributed by atoms with van der Waals surface area (Å²) in [7, 11) is 0. The van der Waals surface area contributed by atoms with Crippen LogP contribution in [0.25, 0.3) is 11.1 Å². The Bertz CT molecular complexity index is 861. The van der Waals surface area contributed by atoms with Crippen molar-refractivity contribution < 1.29 is 23.9 Å². The predicted molar refractivity (Wildman–Crippen MR) is 81.0 cm³/mol. The molecule has 24 heavy (non-hydrogen) atoms. The fourth-order valence-electron chi connectivity index (χ4n) is 3.06. The van der Waals surface area contributed by atoms with E-state index in [4.69, 9.17) is 4.42 Å². The number of carbonyl (C=O) groups excluding carboxylic acids is 3. The zero-order valence-electron chi connectivity index (χ0n) is 12.5. The predicted octanol–water partition coefficient (Wildman–Crippen LogP) is 0.196. The average molecular weight is 330 g/mol. The fraction of sp³-hybridized carbons (Fsp3) is 0.333. The number of furan rings is 1. The van der Waals surface area contributed by atoms with Gasteiger partial charge in [0.2, 0.25) is 5.91 Å². The molecule has 2 aromatic heterocycles. The quantitative estimate of drug-likeness (QED) is 0.690. The minimum Gasteiger partial charge on any atom is -0.457 e. The lowest BCUT2D eigenvalue weighted by molar-refractivity contribution is -0.120. The van der Waals surface area contributed by atoms with Crippen molar-refractivity contribution in [2.75, 3.05) is 11.5 Å². The first-order chi connectivity index (χ1) is 11.6. The van der Waals surface area contributed by atoms with Crippen LogP contribution in [0.2, 0.25) is 0 Å². The Kier molecular flexibility index (Phi) is 3.24. The van der Waals surface area contributed by atoms with Gasteiger partial charge in [-0.2, -0.15) is 0 Å². The van der Waals surface area contributed by atoms with Gasteiger partial charge in [-0.3, -0.25) is 19.8 Å². The van der Waals surface area contributed by atoms with E-state index in [-0.39, 0.29) is 24.3 Å². The Morgan fingerprint density at radius 1 is 1.33 bits per heavy atom. The van der Waals surface area contributed by atoms with Gasteiger partial charge in [-0.05, 0) is 18.6 Å². The highest BCUT2D eigenvalue weighted by Gasteiger charge is 2.35. The third-order valence-electron chi connectivity index (χ3n) is 4.22. The van der Waals surface area contributed by atoms with E-state index in [9.17, 15) is 19.5 Å². The molecule has 2 unspecified atom stereocenters. The first-order valence-corrected chi connectivity index (χ1v) is 7.51. The van der Waals surface area contributed by atoms with Crippen LogP contribution in [0.5, 0.6) is 0 Å². The number of nitrogens with zero attached hydrogens (tertiary/aromatic N) is 2. The molecular formula is C15H14N4O5. The number of fused-ring (bicyclic) bond motifs is 1. The molecule has 0 spiro atoms. The molecule has 4 amide bonds. The summed E-state index contributed by atoms with van der Waals surface area (Å²) in [6, 6.07) is 3.09. The second-order valence-electron chi connectivity index (χ2n) is 5.74. The van der Waals surface area contributed by atoms with Crippen LogP contribution < -0.4 is 15.5 Å². The number of urea groups is 1. The van der Waals surface area contributed by atoms with E-state index in [1.165, 1.54) is 4.90 Å². The van der Waals surface area contributed by atoms with Crippen molar-refractivity contribution in [3.63, 3.8) is 0 Å². The van der Waals surface area contributed by atoms with Gasteiger partial charge in [0.15, 0.2) is 11.6 Å². The van der Waals surface area contributed by atoms with Gasteiger partial charge in [-0.1, -0.05) is 0 Å². The SMILES string of the molecule is O=C1NC(=O)C(c2cc3nc(N4C(=O)CCC4CO)ccc3o2)N1. The van der Waals surface area contributed by atoms with Crippen LogP contribution in [0.4, 0.5) is 10.6 Å². The molecule has 2 saturated heterocycles. The number of hydrogen-bond acceptors (Lipinski definition) is 6. The van der Waals surface area contributed by atoms with E-state index in [0.29, 0.717) is 29.8 Å². The summed E-state index contributed by atoms with van der Waals surface area (Å²) < 4.78 is 5.58. The summed E-state index contributed by atoms with van der Waals surface area (Å²) in [4.78, 5) is 40.8. The summed E-state index contributed by atoms with van der Waals surface area (Å²) >= 11 is 0. The number of anilines is 1. The minimum atomic E-state index is -0.895. The zero-order chi connectivity index (χ0) is 16.8. The van der Waals surface area contributed by atoms with Gasteiger partial charge < -0.3 is 14.8 Å². The lowest BCUT2D eigenvalue weighted by Gasteiger charge is -2.21. The van der Waals surface area contributed by atoms with E-state index in [1.54, 1.807) is 18.2 Å². The highest BCUT2D eigenvalue weighted by molar-refractivity contribution is 6.04. The van der Waals surface area contributed by atoms with Crippen molar-refractivity contribution >= 4 is 34.8 Å². The van der Waals surface area contributed by atoms with Crippen LogP contribution in [0.15, 0.2) is 22.6 Å². The monoisotopic (exact) mass is 330 g/mol. The number of carbonyl (C=O) groups is 3. The molecule has 124 valence electrons. The van der Waals surface area contributed by atoms with Crippen molar-refractivity contribution in [3.05, 3.63) is 24.0 Å². The number of pyridine rings is 1. The molecule has 4 rings (SSSR count). The molecule has 2 aromatic rings. The van der Waals surface area contributed by atoms with E-state index in [1.807, 2.05) is 0 Å². The molecule has 2 aliphatic heterocycles. The van der Waals surface area contributed by atoms with Gasteiger partial charge >= 0.3 is 6.03 Å². The summed E-state index contributed by atoms with van der Waals surface area (Å²) in [6.45, 7) is -0.129. The maximum atomic E-state index is 12.0. The summed E-state index contributed by atoms with van der Waals surface area (Å²) in [5, 5.41) is 14.0. The third kappa shape index (κ3) is 2.21. The van der Waals surface area contributed by atoms with Crippen molar-refractivity contribution in [2.45, 2.75) is 24.9 Å². The van der Waals surface area contributed by atoms with Crippen LogP contribution in [-0.4, -0.2) is 40.6 Å². The molecule has 4 heterocycles. The molecular weight excluding hydrogens is 316 g/mol. The molecule has 9 nitrogen and oxygen atoms in total. The van der Waals surface area contributed by atoms with Crippen LogP contribution in [0, 0.1) is 0 Å². The van der Waals surface area contributed by atoms with Crippen LogP contribution in [0.3, 0.4) is 0 Å². The molecule has 2 atom stereocenters. The molecule has 0 aromatic carbocycles. The van der Waals surface area contributed by atoms with Gasteiger partial charge in [-0.25, -0.2) is 9.78 Å². The molecule has 3 N–H and O–H groups in total. The van der Waals surface area contributed by atoms with E-state index < -0.39 is 18.0 Å². The highest BCUT2D eigenvalue weighted by Crippen LogP contribution is 2.29. The molecule has 0 aliphatic carbocycles. The van der Waals surface area contributed by atoms with Crippen molar-refractivity contribution in [1.82, 2.24) is 15.6 Å². The second kappa shape index (κ2) is 5.31. The number of amides is 4. The first-order valence-electron chi connectivity index (χ1n) is 7.51. The third-order valence-corrected chi connectivity index (χ3v) is 4.22. The van der Waals surface area contributed by atoms with Gasteiger partial charge in [0.25, 0.3) is 5.91 Å². The van der Waals surface area contributed by atoms with Gasteiger partial charge in [-0.15, -0.1) is 0 Å². The Labute approximate surface area is 135 Å². The Hall–Kier alpha value is -2.94. The first kappa shape index (κ1) is 14.6. The Morgan fingerprint density at radius 2 is 2.17 bits per heavy atom. The lowest BCUT2D eigenvalue weighted by atomic mass is 10.2. The van der Waals surface area contributed by atoms with Crippen LogP contribution in [-0.2, 0) is 9.59 Å². The normalized spacial score (nSPS) is 23.9. The summed E-state index contributed by atoms with van der Waals surface area (Å²) in [6.07, 6.45) is 0.954. The van der Waals surface area contributed by atoms with Gasteiger partial charge in [0, 0.05) is 12.5 Å². The van der Waals surface area contributed by atoms with Crippen molar-refractivity contribution in [1.29, 1.82) is 0 Å². The standard InChI is InChI=1S/C15H14N4O5/c20-6-7-1-4-12(21)19(7)11-3-2-9-8(16-11)5-10(24-9)13-14(22)18-15(23)17-13/h2-3,5,7,13,20H,1,4,6H2,(H2,17,18,22,23). The fourth-order valence-corrected chi connectivity index (χ4v) is 3.06. The highest BCUT2D eigenvalue weighted by atomic mass is 16.3. The minimum absolute atomic E-state index is 0.0907. The number of imide groups is 1. The van der Waals surface area contributed by atoms with E-state index in [2.05, 4.69) is 15.6 Å². The lowest BCUT2D eigenvalue weighted by Crippen LogP contribution is -2.35. The van der Waals surface area contributed by atoms with Crippen molar-refractivity contribution in [3.8, 4) is 0 Å². The number of rotatable bonds is 3. The molecule has 2 aliphatic rings. The number of aromatic nitrogens is 1. The number of aliphatic hydroxyl groups excluding tert-OH is 1. The summed E-state index contributed by atoms with van der Waals surface area (Å²) in [5.74, 6) is 0.113. The topological polar surface area (TPSA) is 125 Å². The van der Waals surface area contributed by atoms with Crippen LogP contribution >= 0.6 is 0 Å². The molecule has 0 saturated carbocycles. The van der Waals surface area contributed by atoms with Crippen LogP contribution in [0.1, 0.15) is 24.6 Å². The molecule has 2 fully saturated rings. The maximum Gasteiger partial charge on any atom is 0.322 e. The van der Waals surface area contributed by atoms with Crippen molar-refractivity contribution in [2.24, 2.45) is 0 Å².